The van der Waals surface area contributed by atoms with Gasteiger partial charge in [0.25, 0.3) is 5.91 Å². The van der Waals surface area contributed by atoms with Gasteiger partial charge in [-0.1, -0.05) is 23.2 Å². The molecule has 15 heavy (non-hydrogen) atoms. The summed E-state index contributed by atoms with van der Waals surface area (Å²) in [5.41, 5.74) is 0. The first-order chi connectivity index (χ1) is 7.20. The SMILES string of the molecule is O=C(NCCCN1CCOCC1)C(Cl)Cl. The Hall–Kier alpha value is -0.0300. The van der Waals surface area contributed by atoms with Crippen LogP contribution in [0.25, 0.3) is 0 Å². The van der Waals surface area contributed by atoms with E-state index in [1.807, 2.05) is 0 Å². The summed E-state index contributed by atoms with van der Waals surface area (Å²) in [4.78, 5) is 12.3. The van der Waals surface area contributed by atoms with Gasteiger partial charge < -0.3 is 10.1 Å². The zero-order valence-corrected chi connectivity index (χ0v) is 10.1. The van der Waals surface area contributed by atoms with E-state index in [1.54, 1.807) is 0 Å². The molecule has 1 rings (SSSR count). The quantitative estimate of drug-likeness (QED) is 0.578. The summed E-state index contributed by atoms with van der Waals surface area (Å²) >= 11 is 10.8. The number of carbonyl (C=O) groups excluding carboxylic acids is 1. The first-order valence-electron chi connectivity index (χ1n) is 5.06. The largest absolute Gasteiger partial charge is 0.379 e. The highest BCUT2D eigenvalue weighted by atomic mass is 35.5. The summed E-state index contributed by atoms with van der Waals surface area (Å²) in [5.74, 6) is -0.319. The lowest BCUT2D eigenvalue weighted by atomic mass is 10.3. The van der Waals surface area contributed by atoms with Crippen molar-refractivity contribution >= 4 is 29.1 Å². The van der Waals surface area contributed by atoms with Crippen LogP contribution in [-0.2, 0) is 9.53 Å². The molecule has 88 valence electrons. The van der Waals surface area contributed by atoms with Crippen LogP contribution in [0.1, 0.15) is 6.42 Å². The minimum absolute atomic E-state index is 0.319. The van der Waals surface area contributed by atoms with E-state index in [2.05, 4.69) is 10.2 Å². The van der Waals surface area contributed by atoms with Gasteiger partial charge >= 0.3 is 0 Å². The van der Waals surface area contributed by atoms with E-state index >= 15 is 0 Å². The summed E-state index contributed by atoms with van der Waals surface area (Å²) < 4.78 is 5.23. The lowest BCUT2D eigenvalue weighted by Crippen LogP contribution is -2.38. The number of alkyl halides is 2. The molecule has 0 saturated carbocycles. The van der Waals surface area contributed by atoms with Crippen LogP contribution in [0.2, 0.25) is 0 Å². The van der Waals surface area contributed by atoms with Crippen LogP contribution >= 0.6 is 23.2 Å². The van der Waals surface area contributed by atoms with Gasteiger partial charge in [-0.05, 0) is 13.0 Å². The molecule has 1 aliphatic heterocycles. The average molecular weight is 255 g/mol. The van der Waals surface area contributed by atoms with Crippen LogP contribution < -0.4 is 5.32 Å². The van der Waals surface area contributed by atoms with Crippen molar-refractivity contribution in [3.8, 4) is 0 Å². The molecule has 0 aromatic carbocycles. The molecular formula is C9H16Cl2N2O2. The third-order valence-electron chi connectivity index (χ3n) is 2.25. The van der Waals surface area contributed by atoms with Crippen molar-refractivity contribution in [3.05, 3.63) is 0 Å². The first kappa shape index (κ1) is 13.0. The molecule has 0 spiro atoms. The molecule has 0 aromatic heterocycles. The molecule has 0 atom stereocenters. The van der Waals surface area contributed by atoms with Gasteiger partial charge in [-0.3, -0.25) is 9.69 Å². The number of hydrogen-bond donors (Lipinski definition) is 1. The number of nitrogens with one attached hydrogen (secondary N) is 1. The fourth-order valence-corrected chi connectivity index (χ4v) is 1.57. The third-order valence-corrected chi connectivity index (χ3v) is 2.65. The number of rotatable bonds is 5. The highest BCUT2D eigenvalue weighted by Gasteiger charge is 2.11. The molecular weight excluding hydrogens is 239 g/mol. The lowest BCUT2D eigenvalue weighted by molar-refractivity contribution is -0.119. The van der Waals surface area contributed by atoms with E-state index < -0.39 is 4.84 Å². The second-order valence-corrected chi connectivity index (χ2v) is 4.50. The van der Waals surface area contributed by atoms with E-state index in [0.717, 1.165) is 39.3 Å². The minimum atomic E-state index is -0.964. The molecule has 1 N–H and O–H groups in total. The smallest absolute Gasteiger partial charge is 0.253 e. The molecule has 1 amide bonds. The van der Waals surface area contributed by atoms with Gasteiger partial charge in [-0.2, -0.15) is 0 Å². The van der Waals surface area contributed by atoms with Crippen LogP contribution in [0.4, 0.5) is 0 Å². The minimum Gasteiger partial charge on any atom is -0.379 e. The molecule has 1 aliphatic rings. The van der Waals surface area contributed by atoms with Gasteiger partial charge in [0, 0.05) is 19.6 Å². The van der Waals surface area contributed by atoms with E-state index in [1.165, 1.54) is 0 Å². The zero-order valence-electron chi connectivity index (χ0n) is 8.55. The fourth-order valence-electron chi connectivity index (χ4n) is 1.42. The number of amides is 1. The second kappa shape index (κ2) is 7.28. The zero-order chi connectivity index (χ0) is 11.1. The Kier molecular flexibility index (Phi) is 6.32. The van der Waals surface area contributed by atoms with Gasteiger partial charge in [0.1, 0.15) is 0 Å². The van der Waals surface area contributed by atoms with E-state index in [4.69, 9.17) is 27.9 Å². The number of halogens is 2. The van der Waals surface area contributed by atoms with Crippen molar-refractivity contribution in [1.82, 2.24) is 10.2 Å². The van der Waals surface area contributed by atoms with Gasteiger partial charge in [-0.15, -0.1) is 0 Å². The second-order valence-electron chi connectivity index (χ2n) is 3.40. The first-order valence-corrected chi connectivity index (χ1v) is 5.93. The molecule has 0 aromatic rings. The van der Waals surface area contributed by atoms with E-state index in [9.17, 15) is 4.79 Å². The monoisotopic (exact) mass is 254 g/mol. The summed E-state index contributed by atoms with van der Waals surface area (Å²) in [7, 11) is 0. The van der Waals surface area contributed by atoms with Crippen molar-refractivity contribution in [2.75, 3.05) is 39.4 Å². The highest BCUT2D eigenvalue weighted by Crippen LogP contribution is 2.01. The molecule has 1 heterocycles. The van der Waals surface area contributed by atoms with E-state index in [-0.39, 0.29) is 5.91 Å². The van der Waals surface area contributed by atoms with Crippen molar-refractivity contribution in [2.24, 2.45) is 0 Å². The topological polar surface area (TPSA) is 41.6 Å². The Morgan fingerprint density at radius 1 is 1.40 bits per heavy atom. The number of nitrogens with zero attached hydrogens (tertiary/aromatic N) is 1. The summed E-state index contributed by atoms with van der Waals surface area (Å²) in [6, 6.07) is 0. The average Bonchev–Trinajstić information content (AvgIpc) is 2.25. The van der Waals surface area contributed by atoms with Crippen molar-refractivity contribution in [2.45, 2.75) is 11.3 Å². The molecule has 1 saturated heterocycles. The van der Waals surface area contributed by atoms with Crippen molar-refractivity contribution < 1.29 is 9.53 Å². The number of hydrogen-bond acceptors (Lipinski definition) is 3. The molecule has 1 fully saturated rings. The molecule has 0 bridgehead atoms. The Morgan fingerprint density at radius 3 is 2.67 bits per heavy atom. The maximum absolute atomic E-state index is 11.0. The van der Waals surface area contributed by atoms with Gasteiger partial charge in [0.05, 0.1) is 13.2 Å². The van der Waals surface area contributed by atoms with Crippen LogP contribution in [0.3, 0.4) is 0 Å². The van der Waals surface area contributed by atoms with Gasteiger partial charge in [-0.25, -0.2) is 0 Å². The van der Waals surface area contributed by atoms with Gasteiger partial charge in [0.15, 0.2) is 4.84 Å². The predicted octanol–water partition coefficient (Wildman–Crippen LogP) is 0.629. The lowest BCUT2D eigenvalue weighted by Gasteiger charge is -2.26. The normalized spacial score (nSPS) is 18.1. The Balaban J connectivity index is 1.98. The number of morpholine rings is 1. The van der Waals surface area contributed by atoms with Crippen LogP contribution in [0.5, 0.6) is 0 Å². The maximum atomic E-state index is 11.0. The number of ether oxygens (including phenoxy) is 1. The maximum Gasteiger partial charge on any atom is 0.253 e. The summed E-state index contributed by atoms with van der Waals surface area (Å²) in [6.45, 7) is 5.14. The molecule has 0 unspecified atom stereocenters. The fraction of sp³-hybridized carbons (Fsp3) is 0.889. The Morgan fingerprint density at radius 2 is 2.07 bits per heavy atom. The van der Waals surface area contributed by atoms with Crippen LogP contribution in [0.15, 0.2) is 0 Å². The summed E-state index contributed by atoms with van der Waals surface area (Å²) in [6.07, 6.45) is 0.909. The van der Waals surface area contributed by atoms with Crippen molar-refractivity contribution in [3.63, 3.8) is 0 Å². The number of carbonyl (C=O) groups is 1. The van der Waals surface area contributed by atoms with E-state index in [0.29, 0.717) is 6.54 Å². The molecule has 0 aliphatic carbocycles. The van der Waals surface area contributed by atoms with Crippen molar-refractivity contribution in [1.29, 1.82) is 0 Å². The van der Waals surface area contributed by atoms with Gasteiger partial charge in [0.2, 0.25) is 0 Å². The van der Waals surface area contributed by atoms with Crippen LogP contribution in [0, 0.1) is 0 Å². The Labute approximate surface area is 99.8 Å². The summed E-state index contributed by atoms with van der Waals surface area (Å²) in [5, 5.41) is 2.66. The molecule has 4 nitrogen and oxygen atoms in total. The molecule has 0 radical (unpaired) electrons. The Bertz CT molecular complexity index is 197. The highest BCUT2D eigenvalue weighted by molar-refractivity contribution is 6.53. The standard InChI is InChI=1S/C9H16Cl2N2O2/c10-8(11)9(14)12-2-1-3-13-4-6-15-7-5-13/h8H,1-7H2,(H,12,14). The van der Waals surface area contributed by atoms with Crippen LogP contribution in [-0.4, -0.2) is 55.0 Å². The third kappa shape index (κ3) is 5.56. The molecule has 6 heteroatoms. The predicted molar refractivity (Wildman–Crippen MR) is 60.4 cm³/mol.